The number of rotatable bonds is 6. The molecule has 0 radical (unpaired) electrons. The van der Waals surface area contributed by atoms with E-state index < -0.39 is 28.4 Å². The minimum Gasteiger partial charge on any atom is -0.490 e. The Balaban J connectivity index is 1.84. The topological polar surface area (TPSA) is 183 Å². The summed E-state index contributed by atoms with van der Waals surface area (Å²) in [7, 11) is -6.59. The summed E-state index contributed by atoms with van der Waals surface area (Å²) in [6.07, 6.45) is 0.547. The smallest absolute Gasteiger partial charge is 0.479 e. The SMILES string of the molecule is CC1C(C)[C@@H](COP(=O)(O)O[PH](=O)O)O[C@H]1n1c[n+](C)c2c(O)nc(N)nc21. The zero-order valence-electron chi connectivity index (χ0n) is 15.3. The molecule has 4 unspecified atom stereocenters. The molecular weight excluding hydrogens is 416 g/mol. The molecule has 0 amide bonds. The summed E-state index contributed by atoms with van der Waals surface area (Å²) >= 11 is 0. The molecule has 3 heterocycles. The molecule has 1 saturated heterocycles. The van der Waals surface area contributed by atoms with Crippen molar-refractivity contribution in [2.45, 2.75) is 26.2 Å². The number of anilines is 1. The highest BCUT2D eigenvalue weighted by atomic mass is 31.2. The first-order chi connectivity index (χ1) is 13.0. The van der Waals surface area contributed by atoms with Gasteiger partial charge in [0.15, 0.2) is 0 Å². The molecule has 2 aromatic heterocycles. The lowest BCUT2D eigenvalue weighted by Crippen LogP contribution is -2.26. The van der Waals surface area contributed by atoms with Crippen LogP contribution in [0, 0.1) is 11.8 Å². The lowest BCUT2D eigenvalue weighted by Gasteiger charge is -2.17. The van der Waals surface area contributed by atoms with E-state index in [-0.39, 0.29) is 30.3 Å². The van der Waals surface area contributed by atoms with Crippen LogP contribution in [0.1, 0.15) is 20.1 Å². The van der Waals surface area contributed by atoms with Gasteiger partial charge in [-0.05, 0) is 5.92 Å². The van der Waals surface area contributed by atoms with Gasteiger partial charge < -0.3 is 25.4 Å². The van der Waals surface area contributed by atoms with E-state index in [0.29, 0.717) is 11.2 Å². The average Bonchev–Trinajstić information content (AvgIpc) is 3.02. The zero-order chi connectivity index (χ0) is 20.8. The van der Waals surface area contributed by atoms with Crippen LogP contribution in [0.25, 0.3) is 11.2 Å². The molecule has 0 aliphatic carbocycles. The molecular formula is C13H22N5O8P2+. The normalized spacial score (nSPS) is 28.5. The van der Waals surface area contributed by atoms with E-state index in [1.165, 1.54) is 0 Å². The highest BCUT2D eigenvalue weighted by molar-refractivity contribution is 7.55. The number of phosphoric ester groups is 1. The van der Waals surface area contributed by atoms with E-state index in [0.717, 1.165) is 0 Å². The van der Waals surface area contributed by atoms with E-state index in [9.17, 15) is 19.1 Å². The van der Waals surface area contributed by atoms with Crippen LogP contribution in [-0.4, -0.2) is 42.1 Å². The molecule has 6 atom stereocenters. The molecule has 28 heavy (non-hydrogen) atoms. The number of nitrogens with two attached hydrogens (primary N) is 1. The molecule has 0 spiro atoms. The summed E-state index contributed by atoms with van der Waals surface area (Å²) in [6.45, 7) is 3.48. The maximum absolute atomic E-state index is 11.6. The van der Waals surface area contributed by atoms with Gasteiger partial charge in [0.05, 0.1) is 19.8 Å². The van der Waals surface area contributed by atoms with Gasteiger partial charge in [0, 0.05) is 5.92 Å². The second kappa shape index (κ2) is 7.68. The second-order valence-electron chi connectivity index (χ2n) is 6.62. The molecule has 1 aliphatic heterocycles. The summed E-state index contributed by atoms with van der Waals surface area (Å²) in [5.74, 6) is -0.536. The average molecular weight is 438 g/mol. The van der Waals surface area contributed by atoms with Gasteiger partial charge in [-0.3, -0.25) is 9.09 Å². The Morgan fingerprint density at radius 3 is 2.75 bits per heavy atom. The van der Waals surface area contributed by atoms with Gasteiger partial charge in [0.2, 0.25) is 18.5 Å². The van der Waals surface area contributed by atoms with Crippen molar-refractivity contribution in [3.8, 4) is 5.88 Å². The van der Waals surface area contributed by atoms with Crippen LogP contribution in [0.2, 0.25) is 0 Å². The van der Waals surface area contributed by atoms with E-state index in [1.807, 2.05) is 13.8 Å². The van der Waals surface area contributed by atoms with Crippen molar-refractivity contribution in [3.63, 3.8) is 0 Å². The third kappa shape index (κ3) is 4.06. The number of hydrogen-bond donors (Lipinski definition) is 4. The Kier molecular flexibility index (Phi) is 5.79. The molecule has 1 aliphatic rings. The number of phosphoric acid groups is 1. The molecule has 1 fully saturated rings. The first-order valence-electron chi connectivity index (χ1n) is 8.28. The van der Waals surface area contributed by atoms with Gasteiger partial charge in [-0.1, -0.05) is 13.8 Å². The predicted molar refractivity (Wildman–Crippen MR) is 95.1 cm³/mol. The third-order valence-electron chi connectivity index (χ3n) is 4.81. The number of fused-ring (bicyclic) bond motifs is 1. The van der Waals surface area contributed by atoms with Crippen LogP contribution in [0.3, 0.4) is 0 Å². The fraction of sp³-hybridized carbons (Fsp3) is 0.615. The number of aromatic nitrogens is 4. The van der Waals surface area contributed by atoms with Crippen LogP contribution in [-0.2, 0) is 29.7 Å². The second-order valence-corrected chi connectivity index (χ2v) is 9.07. The Labute approximate surface area is 160 Å². The molecule has 0 aromatic carbocycles. The molecule has 156 valence electrons. The lowest BCUT2D eigenvalue weighted by atomic mass is 9.93. The molecule has 0 saturated carbocycles. The van der Waals surface area contributed by atoms with Crippen LogP contribution in [0.5, 0.6) is 5.88 Å². The number of aryl methyl sites for hydroxylation is 1. The maximum Gasteiger partial charge on any atom is 0.479 e. The van der Waals surface area contributed by atoms with Crippen molar-refractivity contribution in [2.75, 3.05) is 12.3 Å². The number of nitrogen functional groups attached to an aromatic ring is 1. The number of hydrogen-bond acceptors (Lipinski definition) is 9. The third-order valence-corrected chi connectivity index (χ3v) is 6.83. The monoisotopic (exact) mass is 438 g/mol. The minimum absolute atomic E-state index is 0.0708. The molecule has 3 rings (SSSR count). The molecule has 13 nitrogen and oxygen atoms in total. The fourth-order valence-electron chi connectivity index (χ4n) is 3.26. The van der Waals surface area contributed by atoms with Crippen molar-refractivity contribution < 1.29 is 42.2 Å². The van der Waals surface area contributed by atoms with E-state index in [2.05, 4.69) is 14.3 Å². The minimum atomic E-state index is -4.67. The van der Waals surface area contributed by atoms with Crippen molar-refractivity contribution in [3.05, 3.63) is 6.33 Å². The van der Waals surface area contributed by atoms with Gasteiger partial charge >= 0.3 is 16.1 Å². The Bertz CT molecular complexity index is 968. The van der Waals surface area contributed by atoms with Crippen molar-refractivity contribution in [2.24, 2.45) is 18.9 Å². The van der Waals surface area contributed by atoms with Crippen molar-refractivity contribution in [1.29, 1.82) is 0 Å². The van der Waals surface area contributed by atoms with E-state index in [4.69, 9.17) is 19.9 Å². The van der Waals surface area contributed by atoms with Gasteiger partial charge in [-0.2, -0.15) is 14.5 Å². The fourth-order valence-corrected chi connectivity index (χ4v) is 4.59. The van der Waals surface area contributed by atoms with Gasteiger partial charge in [-0.25, -0.2) is 13.4 Å². The summed E-state index contributed by atoms with van der Waals surface area (Å²) < 4.78 is 40.4. The van der Waals surface area contributed by atoms with E-state index in [1.54, 1.807) is 22.5 Å². The quantitative estimate of drug-likeness (QED) is 0.358. The first kappa shape index (κ1) is 21.1. The van der Waals surface area contributed by atoms with Crippen LogP contribution >= 0.6 is 16.1 Å². The van der Waals surface area contributed by atoms with Crippen LogP contribution in [0.15, 0.2) is 6.33 Å². The maximum atomic E-state index is 11.6. The highest BCUT2D eigenvalue weighted by Gasteiger charge is 2.45. The Morgan fingerprint density at radius 2 is 2.11 bits per heavy atom. The summed E-state index contributed by atoms with van der Waals surface area (Å²) in [5.41, 5.74) is 6.39. The van der Waals surface area contributed by atoms with Crippen LogP contribution in [0.4, 0.5) is 5.95 Å². The first-order valence-corrected chi connectivity index (χ1v) is 11.0. The summed E-state index contributed by atoms with van der Waals surface area (Å²) in [5, 5.41) is 10.1. The number of imidazole rings is 1. The standard InChI is InChI=1S/C13H21N5O8P2/c1-6-7(2)12(25-8(6)4-24-28(22,23)26-27(20)21)18-5-17(3)9-10(18)15-13(14)16-11(9)19/h5-8,12,27H,4H2,1-3H3,(H4-,14,15,16,19,20,21,22,23)/p+1/t6?,7?,8-,12-/m1/s1. The van der Waals surface area contributed by atoms with Gasteiger partial charge in [0.25, 0.3) is 17.0 Å². The van der Waals surface area contributed by atoms with Gasteiger partial charge in [-0.15, -0.1) is 0 Å². The number of nitrogens with zero attached hydrogens (tertiary/aromatic N) is 4. The summed E-state index contributed by atoms with van der Waals surface area (Å²) in [4.78, 5) is 26.0. The Morgan fingerprint density at radius 1 is 1.43 bits per heavy atom. The predicted octanol–water partition coefficient (Wildman–Crippen LogP) is 0.229. The molecule has 15 heteroatoms. The molecule has 0 bridgehead atoms. The largest absolute Gasteiger partial charge is 0.490 e. The number of ether oxygens (including phenoxy) is 1. The summed E-state index contributed by atoms with van der Waals surface area (Å²) in [6, 6.07) is 0. The molecule has 2 aromatic rings. The Hall–Kier alpha value is -1.59. The van der Waals surface area contributed by atoms with Crippen molar-refractivity contribution in [1.82, 2.24) is 14.5 Å². The van der Waals surface area contributed by atoms with Gasteiger partial charge in [0.1, 0.15) is 0 Å². The number of aromatic hydroxyl groups is 1. The van der Waals surface area contributed by atoms with Crippen molar-refractivity contribution >= 4 is 33.2 Å². The van der Waals surface area contributed by atoms with E-state index >= 15 is 0 Å². The zero-order valence-corrected chi connectivity index (χ0v) is 17.2. The highest BCUT2D eigenvalue weighted by Crippen LogP contribution is 2.51. The lowest BCUT2D eigenvalue weighted by molar-refractivity contribution is -0.646. The van der Waals surface area contributed by atoms with Crippen LogP contribution < -0.4 is 10.3 Å². The molecule has 5 N–H and O–H groups in total.